The first-order valence-electron chi connectivity index (χ1n) is 5.27. The number of hydrogen-bond acceptors (Lipinski definition) is 4. The van der Waals surface area contributed by atoms with Crippen molar-refractivity contribution in [1.29, 1.82) is 0 Å². The van der Waals surface area contributed by atoms with Crippen LogP contribution >= 0.6 is 0 Å². The lowest BCUT2D eigenvalue weighted by atomic mass is 10.1. The van der Waals surface area contributed by atoms with E-state index in [1.165, 1.54) is 5.56 Å². The molecular weight excluding hydrogens is 216 g/mol. The molecule has 2 aromatic rings. The number of hydrogen-bond donors (Lipinski definition) is 0. The Labute approximate surface area is 100 Å². The standard InChI is InChI=1S/C13H14N2O2/c1-9-4-6-10(7-5-9)13-14-11(16-2)8-12(15-13)17-3/h4-8H,1-3H3. The van der Waals surface area contributed by atoms with Crippen LogP contribution in [0.15, 0.2) is 30.3 Å². The highest BCUT2D eigenvalue weighted by Crippen LogP contribution is 2.22. The third-order valence-corrected chi connectivity index (χ3v) is 2.41. The van der Waals surface area contributed by atoms with Crippen molar-refractivity contribution in [1.82, 2.24) is 9.97 Å². The van der Waals surface area contributed by atoms with Gasteiger partial charge in [-0.05, 0) is 6.92 Å². The average molecular weight is 230 g/mol. The van der Waals surface area contributed by atoms with Gasteiger partial charge in [-0.25, -0.2) is 0 Å². The zero-order chi connectivity index (χ0) is 12.3. The van der Waals surface area contributed by atoms with Crippen molar-refractivity contribution in [3.63, 3.8) is 0 Å². The Morgan fingerprint density at radius 1 is 0.882 bits per heavy atom. The minimum atomic E-state index is 0.493. The van der Waals surface area contributed by atoms with E-state index in [4.69, 9.17) is 9.47 Å². The third-order valence-electron chi connectivity index (χ3n) is 2.41. The van der Waals surface area contributed by atoms with Gasteiger partial charge >= 0.3 is 0 Å². The summed E-state index contributed by atoms with van der Waals surface area (Å²) in [5.41, 5.74) is 2.14. The lowest BCUT2D eigenvalue weighted by Crippen LogP contribution is -1.97. The zero-order valence-electron chi connectivity index (χ0n) is 10.1. The van der Waals surface area contributed by atoms with E-state index in [1.807, 2.05) is 31.2 Å². The van der Waals surface area contributed by atoms with E-state index < -0.39 is 0 Å². The highest BCUT2D eigenvalue weighted by Gasteiger charge is 2.07. The summed E-state index contributed by atoms with van der Waals surface area (Å²) in [6.45, 7) is 2.04. The van der Waals surface area contributed by atoms with Crippen molar-refractivity contribution >= 4 is 0 Å². The Hall–Kier alpha value is -2.10. The van der Waals surface area contributed by atoms with Gasteiger partial charge in [0, 0.05) is 5.56 Å². The Bertz CT molecular complexity index is 487. The molecule has 0 fully saturated rings. The normalized spacial score (nSPS) is 10.1. The van der Waals surface area contributed by atoms with Gasteiger partial charge in [-0.3, -0.25) is 0 Å². The molecule has 0 aliphatic rings. The van der Waals surface area contributed by atoms with Crippen molar-refractivity contribution in [3.05, 3.63) is 35.9 Å². The van der Waals surface area contributed by atoms with Gasteiger partial charge in [0.05, 0.1) is 20.3 Å². The summed E-state index contributed by atoms with van der Waals surface area (Å²) in [6, 6.07) is 9.64. The maximum Gasteiger partial charge on any atom is 0.220 e. The van der Waals surface area contributed by atoms with Crippen LogP contribution in [0.25, 0.3) is 11.4 Å². The molecule has 0 unspecified atom stereocenters. The fraction of sp³-hybridized carbons (Fsp3) is 0.231. The van der Waals surface area contributed by atoms with Crippen LogP contribution in [0.3, 0.4) is 0 Å². The lowest BCUT2D eigenvalue weighted by Gasteiger charge is -2.06. The van der Waals surface area contributed by atoms with Crippen LogP contribution in [-0.2, 0) is 0 Å². The minimum Gasteiger partial charge on any atom is -0.481 e. The van der Waals surface area contributed by atoms with Gasteiger partial charge in [0.15, 0.2) is 5.82 Å². The molecule has 0 saturated heterocycles. The Morgan fingerprint density at radius 2 is 1.41 bits per heavy atom. The van der Waals surface area contributed by atoms with E-state index >= 15 is 0 Å². The van der Waals surface area contributed by atoms with Crippen molar-refractivity contribution < 1.29 is 9.47 Å². The highest BCUT2D eigenvalue weighted by atomic mass is 16.5. The monoisotopic (exact) mass is 230 g/mol. The van der Waals surface area contributed by atoms with E-state index in [0.717, 1.165) is 5.56 Å². The molecule has 0 N–H and O–H groups in total. The molecule has 1 aromatic heterocycles. The van der Waals surface area contributed by atoms with Crippen LogP contribution in [0.1, 0.15) is 5.56 Å². The lowest BCUT2D eigenvalue weighted by molar-refractivity contribution is 0.372. The maximum atomic E-state index is 5.11. The van der Waals surface area contributed by atoms with Crippen LogP contribution < -0.4 is 9.47 Å². The van der Waals surface area contributed by atoms with Gasteiger partial charge in [0.2, 0.25) is 11.8 Å². The van der Waals surface area contributed by atoms with E-state index in [-0.39, 0.29) is 0 Å². The summed E-state index contributed by atoms with van der Waals surface area (Å²) in [5.74, 6) is 1.58. The number of ether oxygens (including phenoxy) is 2. The van der Waals surface area contributed by atoms with E-state index in [0.29, 0.717) is 17.6 Å². The number of benzene rings is 1. The van der Waals surface area contributed by atoms with E-state index in [1.54, 1.807) is 20.3 Å². The molecule has 0 aliphatic heterocycles. The Morgan fingerprint density at radius 3 is 1.88 bits per heavy atom. The summed E-state index contributed by atoms with van der Waals surface area (Å²) in [5, 5.41) is 0. The molecule has 4 nitrogen and oxygen atoms in total. The minimum absolute atomic E-state index is 0.493. The SMILES string of the molecule is COc1cc(OC)nc(-c2ccc(C)cc2)n1. The molecule has 17 heavy (non-hydrogen) atoms. The second-order valence-electron chi connectivity index (χ2n) is 3.64. The van der Waals surface area contributed by atoms with Crippen molar-refractivity contribution in [3.8, 4) is 23.1 Å². The fourth-order valence-corrected chi connectivity index (χ4v) is 1.44. The van der Waals surface area contributed by atoms with Crippen LogP contribution in [0.2, 0.25) is 0 Å². The first-order chi connectivity index (χ1) is 8.22. The summed E-state index contributed by atoms with van der Waals surface area (Å²) >= 11 is 0. The molecule has 1 heterocycles. The maximum absolute atomic E-state index is 5.11. The second-order valence-corrected chi connectivity index (χ2v) is 3.64. The molecule has 0 saturated carbocycles. The first-order valence-corrected chi connectivity index (χ1v) is 5.27. The van der Waals surface area contributed by atoms with Crippen LogP contribution in [0, 0.1) is 6.92 Å². The molecule has 0 amide bonds. The van der Waals surface area contributed by atoms with Crippen molar-refractivity contribution in [2.24, 2.45) is 0 Å². The second kappa shape index (κ2) is 4.82. The molecule has 4 heteroatoms. The third kappa shape index (κ3) is 2.53. The molecule has 1 aromatic carbocycles. The van der Waals surface area contributed by atoms with Gasteiger partial charge in [-0.2, -0.15) is 9.97 Å². The van der Waals surface area contributed by atoms with Crippen LogP contribution in [0.5, 0.6) is 11.8 Å². The molecule has 0 spiro atoms. The predicted molar refractivity (Wildman–Crippen MR) is 65.3 cm³/mol. The molecule has 0 bridgehead atoms. The smallest absolute Gasteiger partial charge is 0.220 e. The molecule has 2 rings (SSSR count). The molecule has 0 aliphatic carbocycles. The molecule has 88 valence electrons. The van der Waals surface area contributed by atoms with Crippen molar-refractivity contribution in [2.45, 2.75) is 6.92 Å². The Kier molecular flexibility index (Phi) is 3.23. The fourth-order valence-electron chi connectivity index (χ4n) is 1.44. The predicted octanol–water partition coefficient (Wildman–Crippen LogP) is 2.47. The summed E-state index contributed by atoms with van der Waals surface area (Å²) < 4.78 is 10.2. The average Bonchev–Trinajstić information content (AvgIpc) is 2.39. The van der Waals surface area contributed by atoms with Crippen LogP contribution in [-0.4, -0.2) is 24.2 Å². The van der Waals surface area contributed by atoms with E-state index in [2.05, 4.69) is 9.97 Å². The number of aryl methyl sites for hydroxylation is 1. The van der Waals surface area contributed by atoms with Gasteiger partial charge in [0.25, 0.3) is 0 Å². The summed E-state index contributed by atoms with van der Waals surface area (Å²) in [4.78, 5) is 8.57. The van der Waals surface area contributed by atoms with Crippen LogP contribution in [0.4, 0.5) is 0 Å². The summed E-state index contributed by atoms with van der Waals surface area (Å²) in [6.07, 6.45) is 0. The first kappa shape index (κ1) is 11.4. The molecule has 0 atom stereocenters. The highest BCUT2D eigenvalue weighted by molar-refractivity contribution is 5.56. The number of rotatable bonds is 3. The topological polar surface area (TPSA) is 44.2 Å². The number of nitrogens with zero attached hydrogens (tertiary/aromatic N) is 2. The molecular formula is C13H14N2O2. The van der Waals surface area contributed by atoms with Gasteiger partial charge < -0.3 is 9.47 Å². The van der Waals surface area contributed by atoms with E-state index in [9.17, 15) is 0 Å². The summed E-state index contributed by atoms with van der Waals surface area (Å²) in [7, 11) is 3.14. The molecule has 0 radical (unpaired) electrons. The van der Waals surface area contributed by atoms with Gasteiger partial charge in [-0.1, -0.05) is 29.8 Å². The largest absolute Gasteiger partial charge is 0.481 e. The zero-order valence-corrected chi connectivity index (χ0v) is 10.1. The van der Waals surface area contributed by atoms with Gasteiger partial charge in [-0.15, -0.1) is 0 Å². The van der Waals surface area contributed by atoms with Crippen molar-refractivity contribution in [2.75, 3.05) is 14.2 Å². The Balaban J connectivity index is 2.46. The quantitative estimate of drug-likeness (QED) is 0.812. The number of methoxy groups -OCH3 is 2. The number of aromatic nitrogens is 2. The van der Waals surface area contributed by atoms with Gasteiger partial charge in [0.1, 0.15) is 0 Å².